The van der Waals surface area contributed by atoms with Crippen molar-refractivity contribution in [2.24, 2.45) is 17.0 Å². The molecule has 0 spiro atoms. The van der Waals surface area contributed by atoms with E-state index in [1.807, 2.05) is 30.3 Å². The van der Waals surface area contributed by atoms with E-state index in [0.29, 0.717) is 45.4 Å². The van der Waals surface area contributed by atoms with Gasteiger partial charge in [-0.25, -0.2) is 13.6 Å². The van der Waals surface area contributed by atoms with Crippen LogP contribution < -0.4 is 15.4 Å². The van der Waals surface area contributed by atoms with Gasteiger partial charge in [0.25, 0.3) is 0 Å². The molecule has 0 aliphatic carbocycles. The molecule has 186 valence electrons. The summed E-state index contributed by atoms with van der Waals surface area (Å²) in [6.45, 7) is 1.83. The zero-order valence-electron chi connectivity index (χ0n) is 19.4. The van der Waals surface area contributed by atoms with E-state index >= 15 is 0 Å². The molecule has 2 saturated heterocycles. The molecule has 9 nitrogen and oxygen atoms in total. The minimum atomic E-state index is -3.72. The minimum Gasteiger partial charge on any atom is -0.356 e. The first-order chi connectivity index (χ1) is 16.7. The van der Waals surface area contributed by atoms with Crippen LogP contribution in [0, 0.1) is 11.8 Å². The van der Waals surface area contributed by atoms with Crippen LogP contribution in [0.5, 0.6) is 0 Å². The molecule has 3 N–H and O–H groups in total. The summed E-state index contributed by atoms with van der Waals surface area (Å²) in [5.41, 5.74) is 1.71. The van der Waals surface area contributed by atoms with Crippen molar-refractivity contribution < 1.29 is 22.8 Å². The van der Waals surface area contributed by atoms with Crippen molar-refractivity contribution in [1.29, 1.82) is 0 Å². The second-order valence-electron chi connectivity index (χ2n) is 9.07. The van der Waals surface area contributed by atoms with Gasteiger partial charge in [-0.15, -0.1) is 0 Å². The monoisotopic (exact) mass is 498 g/mol. The molecule has 3 amide bonds. The van der Waals surface area contributed by atoms with Crippen LogP contribution in [0.2, 0.25) is 0 Å². The van der Waals surface area contributed by atoms with Crippen LogP contribution in [0.4, 0.5) is 5.69 Å². The number of nitrogens with two attached hydrogens (primary N) is 1. The van der Waals surface area contributed by atoms with Crippen LogP contribution >= 0.6 is 0 Å². The summed E-state index contributed by atoms with van der Waals surface area (Å²) in [5, 5.41) is 8.04. The Hall–Kier alpha value is -3.24. The van der Waals surface area contributed by atoms with Crippen LogP contribution in [0.25, 0.3) is 0 Å². The van der Waals surface area contributed by atoms with Gasteiger partial charge in [0, 0.05) is 44.2 Å². The molecule has 0 bridgehead atoms. The second-order valence-corrected chi connectivity index (χ2v) is 10.6. The number of piperidine rings is 1. The lowest BCUT2D eigenvalue weighted by molar-refractivity contribution is -0.139. The molecule has 0 aromatic heterocycles. The molecule has 2 aliphatic rings. The van der Waals surface area contributed by atoms with Gasteiger partial charge in [0.15, 0.2) is 0 Å². The third-order valence-corrected chi connectivity index (χ3v) is 7.61. The number of benzene rings is 2. The molecule has 2 aliphatic heterocycles. The average Bonchev–Trinajstić information content (AvgIpc) is 3.25. The molecular weight excluding hydrogens is 468 g/mol. The number of hydrogen-bond acceptors (Lipinski definition) is 5. The number of anilines is 1. The van der Waals surface area contributed by atoms with E-state index in [-0.39, 0.29) is 40.9 Å². The number of para-hydroxylation sites is 1. The Labute approximate surface area is 205 Å². The summed E-state index contributed by atoms with van der Waals surface area (Å²) < 4.78 is 22.7. The number of hydrogen-bond donors (Lipinski definition) is 2. The number of nitrogens with one attached hydrogen (secondary N) is 1. The van der Waals surface area contributed by atoms with Crippen molar-refractivity contribution >= 4 is 33.4 Å². The van der Waals surface area contributed by atoms with Gasteiger partial charge in [-0.2, -0.15) is 0 Å². The van der Waals surface area contributed by atoms with Gasteiger partial charge in [0.05, 0.1) is 10.8 Å². The molecular formula is C25H30N4O5S. The number of amides is 3. The first-order valence-electron chi connectivity index (χ1n) is 11.8. The van der Waals surface area contributed by atoms with Crippen LogP contribution in [0.1, 0.15) is 24.8 Å². The lowest BCUT2D eigenvalue weighted by Crippen LogP contribution is -2.45. The van der Waals surface area contributed by atoms with E-state index in [9.17, 15) is 22.8 Å². The molecule has 2 fully saturated rings. The third-order valence-electron chi connectivity index (χ3n) is 6.68. The van der Waals surface area contributed by atoms with Gasteiger partial charge >= 0.3 is 0 Å². The lowest BCUT2D eigenvalue weighted by Gasteiger charge is -2.33. The number of carbonyl (C=O) groups is 3. The fraction of sp³-hybridized carbons (Fsp3) is 0.400. The highest BCUT2D eigenvalue weighted by atomic mass is 32.2. The summed E-state index contributed by atoms with van der Waals surface area (Å²) in [6.07, 6.45) is 1.96. The first-order valence-corrected chi connectivity index (χ1v) is 13.3. The molecule has 10 heteroatoms. The van der Waals surface area contributed by atoms with E-state index < -0.39 is 10.0 Å². The van der Waals surface area contributed by atoms with E-state index in [1.54, 1.807) is 21.9 Å². The zero-order valence-corrected chi connectivity index (χ0v) is 20.2. The number of sulfonamides is 1. The Morgan fingerprint density at radius 3 is 2.26 bits per heavy atom. The van der Waals surface area contributed by atoms with Crippen LogP contribution in [0.15, 0.2) is 59.5 Å². The number of carbonyl (C=O) groups excluding carboxylic acids is 3. The summed E-state index contributed by atoms with van der Waals surface area (Å²) in [7, 11) is -3.72. The molecule has 1 unspecified atom stereocenters. The molecule has 4 rings (SSSR count). The number of rotatable bonds is 7. The topological polar surface area (TPSA) is 130 Å². The molecule has 2 heterocycles. The normalized spacial score (nSPS) is 19.1. The van der Waals surface area contributed by atoms with E-state index in [4.69, 9.17) is 5.14 Å². The van der Waals surface area contributed by atoms with Crippen LogP contribution in [-0.4, -0.2) is 57.2 Å². The smallest absolute Gasteiger partial charge is 0.238 e. The minimum absolute atomic E-state index is 0.0152. The molecule has 1 atom stereocenters. The highest BCUT2D eigenvalue weighted by molar-refractivity contribution is 7.89. The quantitative estimate of drug-likeness (QED) is 0.594. The van der Waals surface area contributed by atoms with E-state index in [2.05, 4.69) is 5.32 Å². The Morgan fingerprint density at radius 2 is 1.63 bits per heavy atom. The molecule has 0 saturated carbocycles. The van der Waals surface area contributed by atoms with Crippen molar-refractivity contribution in [3.8, 4) is 0 Å². The van der Waals surface area contributed by atoms with Gasteiger partial charge < -0.3 is 15.1 Å². The second kappa shape index (κ2) is 10.6. The predicted octanol–water partition coefficient (Wildman–Crippen LogP) is 1.28. The lowest BCUT2D eigenvalue weighted by atomic mass is 9.94. The van der Waals surface area contributed by atoms with E-state index in [0.717, 1.165) is 11.3 Å². The van der Waals surface area contributed by atoms with Gasteiger partial charge in [0.1, 0.15) is 0 Å². The zero-order chi connectivity index (χ0) is 25.0. The summed E-state index contributed by atoms with van der Waals surface area (Å²) >= 11 is 0. The highest BCUT2D eigenvalue weighted by Gasteiger charge is 2.38. The average molecular weight is 499 g/mol. The maximum Gasteiger partial charge on any atom is 0.238 e. The Kier molecular flexibility index (Phi) is 7.51. The van der Waals surface area contributed by atoms with Crippen molar-refractivity contribution in [3.63, 3.8) is 0 Å². The Bertz CT molecular complexity index is 1180. The third kappa shape index (κ3) is 6.07. The SMILES string of the molecule is NS(=O)(=O)c1ccc(CCNC(=O)C2CCN(C(=O)C3CC(=O)N(c4ccccc4)C3)CC2)cc1. The standard InChI is InChI=1S/C25H30N4O5S/c26-35(33,34)22-8-6-18(7-9-22)10-13-27-24(31)19-11-14-28(15-12-19)25(32)20-16-23(30)29(17-20)21-4-2-1-3-5-21/h1-9,19-20H,10-17H2,(H,27,31)(H2,26,33,34). The first kappa shape index (κ1) is 24.9. The Morgan fingerprint density at radius 1 is 0.971 bits per heavy atom. The van der Waals surface area contributed by atoms with Gasteiger partial charge in [0.2, 0.25) is 27.7 Å². The van der Waals surface area contributed by atoms with Crippen LogP contribution in [0.3, 0.4) is 0 Å². The van der Waals surface area contributed by atoms with Crippen molar-refractivity contribution in [1.82, 2.24) is 10.2 Å². The Balaban J connectivity index is 1.21. The highest BCUT2D eigenvalue weighted by Crippen LogP contribution is 2.28. The largest absolute Gasteiger partial charge is 0.356 e. The molecule has 0 radical (unpaired) electrons. The maximum atomic E-state index is 13.0. The fourth-order valence-corrected chi connectivity index (χ4v) is 5.19. The summed E-state index contributed by atoms with van der Waals surface area (Å²) in [5.74, 6) is -0.602. The molecule has 2 aromatic carbocycles. The molecule has 2 aromatic rings. The van der Waals surface area contributed by atoms with Crippen LogP contribution in [-0.2, 0) is 30.8 Å². The number of primary sulfonamides is 1. The van der Waals surface area contributed by atoms with Crippen molar-refractivity contribution in [2.75, 3.05) is 31.1 Å². The molecule has 35 heavy (non-hydrogen) atoms. The van der Waals surface area contributed by atoms with Gasteiger partial charge in [-0.3, -0.25) is 14.4 Å². The van der Waals surface area contributed by atoms with Crippen molar-refractivity contribution in [2.45, 2.75) is 30.6 Å². The van der Waals surface area contributed by atoms with Crippen molar-refractivity contribution in [3.05, 3.63) is 60.2 Å². The fourth-order valence-electron chi connectivity index (χ4n) is 4.67. The number of nitrogens with zero attached hydrogens (tertiary/aromatic N) is 2. The van der Waals surface area contributed by atoms with Gasteiger partial charge in [-0.1, -0.05) is 30.3 Å². The summed E-state index contributed by atoms with van der Waals surface area (Å²) in [6, 6.07) is 15.6. The number of likely N-dealkylation sites (tertiary alicyclic amines) is 1. The van der Waals surface area contributed by atoms with Gasteiger partial charge in [-0.05, 0) is 49.1 Å². The maximum absolute atomic E-state index is 13.0. The predicted molar refractivity (Wildman–Crippen MR) is 131 cm³/mol. The van der Waals surface area contributed by atoms with E-state index in [1.165, 1.54) is 12.1 Å². The summed E-state index contributed by atoms with van der Waals surface area (Å²) in [4.78, 5) is 41.6.